The van der Waals surface area contributed by atoms with Crippen LogP contribution in [0.25, 0.3) is 65.9 Å². The van der Waals surface area contributed by atoms with Crippen LogP contribution in [0.4, 0.5) is 24.5 Å². The van der Waals surface area contributed by atoms with E-state index < -0.39 is 83.9 Å². The first kappa shape index (κ1) is 87.9. The minimum atomic E-state index is -6.27. The van der Waals surface area contributed by atoms with Crippen LogP contribution in [0.15, 0.2) is 233 Å². The molecule has 0 saturated heterocycles. The lowest BCUT2D eigenvalue weighted by atomic mass is 10.1. The van der Waals surface area contributed by atoms with Gasteiger partial charge in [-0.2, -0.15) is 21.6 Å². The Morgan fingerprint density at radius 2 is 0.762 bits per heavy atom. The number of anilines is 2. The molecule has 0 unspecified atom stereocenters. The second-order valence-corrected chi connectivity index (χ2v) is 29.0. The van der Waals surface area contributed by atoms with Crippen molar-refractivity contribution in [2.75, 3.05) is 30.5 Å². The van der Waals surface area contributed by atoms with Gasteiger partial charge in [0.2, 0.25) is 0 Å². The van der Waals surface area contributed by atoms with Gasteiger partial charge in [-0.25, -0.2) is 54.3 Å². The number of nitrogens with one attached hydrogen (secondary N) is 4. The van der Waals surface area contributed by atoms with Crippen LogP contribution in [0.2, 0.25) is 0 Å². The van der Waals surface area contributed by atoms with Gasteiger partial charge in [-0.3, -0.25) is 19.2 Å². The van der Waals surface area contributed by atoms with Crippen molar-refractivity contribution in [3.63, 3.8) is 0 Å². The van der Waals surface area contributed by atoms with Crippen LogP contribution in [0.3, 0.4) is 0 Å². The second-order valence-electron chi connectivity index (χ2n) is 27.4. The minimum Gasteiger partial charge on any atom is -0.506 e. The first-order valence-electron chi connectivity index (χ1n) is 38.9. The number of pyridine rings is 4. The van der Waals surface area contributed by atoms with Crippen LogP contribution < -0.4 is 56.4 Å². The number of alkyl halides is 3. The monoisotopic (exact) mass is 1740 g/mol. The average Bonchev–Trinajstić information content (AvgIpc) is 0.758. The number of aryl methyl sites for hydroxylation is 4. The van der Waals surface area contributed by atoms with Crippen molar-refractivity contribution in [2.45, 2.75) is 93.5 Å². The molecule has 0 spiro atoms. The van der Waals surface area contributed by atoms with Gasteiger partial charge in [0.1, 0.15) is 57.5 Å². The Morgan fingerprint density at radius 3 is 1.19 bits per heavy atom. The number of rotatable bonds is 26. The molecule has 0 fully saturated rings. The standard InChI is InChI=1S/C27H25N5O4.C24H21N5O2.C19H16F3N3O7S.C18H17N3O5/c1-3-35-27(34)23-24(28-14-20-13-19-11-7-8-12-21(19)31-20)22-17(2)29-16-30-25(22)32(26(23)33)36-15-18-9-5-4-6-10-18;1-16-23-21(25-13-19-11-18-9-5-6-10-20(18)28-19)12-22(30)29(24(23)27-15-26-16)31-14-17-7-3-2-4-8-17;1-3-30-18(27)14-15(32-33(28,29)19(20,21)22)13-11(2)23-10-24-16(13)25(17(14)26)31-9-12-7-5-4-6-8-12;1-3-25-18(24)14-15(22)13-11(2)19-10-20-16(13)21(17(14)23)26-9-12-7-5-4-6-8-12/h4-13,16,28,31H,3,14-15H2,1-2H3;2-12,15,25,28H,13-14H2,1H3;4-8,10H,3,9H2,1-2H3;4-8,10,22H,3,9H2,1-2H3. The number of fused-ring (bicyclic) bond motifs is 6. The fourth-order valence-corrected chi connectivity index (χ4v) is 13.6. The summed E-state index contributed by atoms with van der Waals surface area (Å²) in [5.74, 6) is -4.82. The molecule has 0 bridgehead atoms. The summed E-state index contributed by atoms with van der Waals surface area (Å²) in [4.78, 5) is 153. The normalized spacial score (nSPS) is 11.2. The van der Waals surface area contributed by atoms with E-state index in [0.717, 1.165) is 76.8 Å². The highest BCUT2D eigenvalue weighted by Crippen LogP contribution is 2.36. The summed E-state index contributed by atoms with van der Waals surface area (Å²) in [5, 5.41) is 20.3. The number of hydrogen-bond donors (Lipinski definition) is 5. The SMILES string of the molecule is CCOC(=O)c1c(NCc2cc3ccccc3[nH]2)c2c(C)ncnc2n(OCc2ccccc2)c1=O.CCOC(=O)c1c(O)c2c(C)ncnc2n(OCc2ccccc2)c1=O.CCOC(=O)c1c(OS(=O)(=O)C(F)(F)F)c2c(C)ncnc2n(OCc2ccccc2)c1=O.Cc1ncnc2c1c(NCc1cc3ccccc3[nH]1)cc(=O)n2OCc1ccccc1. The van der Waals surface area contributed by atoms with Crippen LogP contribution in [0.1, 0.15) is 108 Å². The zero-order valence-electron chi connectivity index (χ0n) is 68.4. The van der Waals surface area contributed by atoms with E-state index in [1.165, 1.54) is 43.6 Å². The molecule has 0 amide bonds. The quantitative estimate of drug-likeness (QED) is 0.0145. The molecular weight excluding hydrogens is 1660 g/mol. The van der Waals surface area contributed by atoms with Crippen molar-refractivity contribution < 1.29 is 78.8 Å². The van der Waals surface area contributed by atoms with E-state index >= 15 is 0 Å². The summed E-state index contributed by atoms with van der Waals surface area (Å²) < 4.78 is 85.4. The highest BCUT2D eigenvalue weighted by Gasteiger charge is 2.50. The van der Waals surface area contributed by atoms with Gasteiger partial charge in [0, 0.05) is 28.5 Å². The number of carbonyl (C=O) groups excluding carboxylic acids is 3. The molecule has 0 saturated carbocycles. The molecular formula is C88H79F3N16O18S. The summed E-state index contributed by atoms with van der Waals surface area (Å²) in [5.41, 5.74) is -0.504. The summed E-state index contributed by atoms with van der Waals surface area (Å²) in [6.45, 7) is 12.3. The number of esters is 3. The number of aromatic amines is 2. The zero-order valence-corrected chi connectivity index (χ0v) is 69.2. The molecule has 0 atom stereocenters. The van der Waals surface area contributed by atoms with Crippen LogP contribution in [0, 0.1) is 27.7 Å². The van der Waals surface area contributed by atoms with Crippen molar-refractivity contribution >= 4 is 105 Å². The summed E-state index contributed by atoms with van der Waals surface area (Å²) >= 11 is 0. The lowest BCUT2D eigenvalue weighted by Gasteiger charge is -2.18. The molecule has 38 heteroatoms. The van der Waals surface area contributed by atoms with Gasteiger partial charge in [-0.05, 0) is 106 Å². The number of H-pyrrole nitrogens is 2. The van der Waals surface area contributed by atoms with Gasteiger partial charge in [-0.15, -0.1) is 18.9 Å². The number of nitrogens with zero attached hydrogens (tertiary/aromatic N) is 12. The van der Waals surface area contributed by atoms with Crippen LogP contribution >= 0.6 is 0 Å². The van der Waals surface area contributed by atoms with Gasteiger partial charge < -0.3 is 63.5 Å². The smallest absolute Gasteiger partial charge is 0.506 e. The molecule has 0 aliphatic heterocycles. The van der Waals surface area contributed by atoms with Crippen molar-refractivity contribution in [3.05, 3.63) is 328 Å². The number of halogens is 3. The zero-order chi connectivity index (χ0) is 89.3. The molecule has 16 rings (SSSR count). The number of ether oxygens (including phenoxy) is 3. The van der Waals surface area contributed by atoms with Gasteiger partial charge in [0.25, 0.3) is 5.56 Å². The maximum Gasteiger partial charge on any atom is 0.534 e. The van der Waals surface area contributed by atoms with E-state index in [-0.39, 0.29) is 79.7 Å². The fourth-order valence-electron chi connectivity index (χ4n) is 13.1. The Bertz CT molecular complexity index is 7020. The maximum atomic E-state index is 13.6. The molecule has 5 N–H and O–H groups in total. The van der Waals surface area contributed by atoms with Crippen molar-refractivity contribution in [1.29, 1.82) is 0 Å². The molecule has 0 aliphatic carbocycles. The Kier molecular flexibility index (Phi) is 27.4. The molecule has 126 heavy (non-hydrogen) atoms. The topological polar surface area (TPSA) is 426 Å². The molecule has 6 aromatic carbocycles. The van der Waals surface area contributed by atoms with E-state index in [1.807, 2.05) is 146 Å². The highest BCUT2D eigenvalue weighted by atomic mass is 32.2. The number of benzene rings is 6. The molecule has 646 valence electrons. The van der Waals surface area contributed by atoms with Gasteiger partial charge >= 0.3 is 50.2 Å². The van der Waals surface area contributed by atoms with Crippen molar-refractivity contribution in [1.82, 2.24) is 68.8 Å². The third-order valence-electron chi connectivity index (χ3n) is 19.0. The van der Waals surface area contributed by atoms with Crippen LogP contribution in [0.5, 0.6) is 11.5 Å². The first-order valence-corrected chi connectivity index (χ1v) is 40.3. The Balaban J connectivity index is 0.000000145. The third kappa shape index (κ3) is 19.7. The second kappa shape index (κ2) is 39.3. The lowest BCUT2D eigenvalue weighted by Crippen LogP contribution is -2.35. The summed E-state index contributed by atoms with van der Waals surface area (Å²) in [6.07, 6.45) is 5.04. The first-order chi connectivity index (χ1) is 60.8. The fraction of sp³-hybridized carbons (Fsp3) is 0.193. The molecule has 0 radical (unpaired) electrons. The average molecular weight is 1740 g/mol. The maximum absolute atomic E-state index is 13.6. The van der Waals surface area contributed by atoms with Crippen molar-refractivity contribution in [3.8, 4) is 11.5 Å². The summed E-state index contributed by atoms with van der Waals surface area (Å²) in [7, 11) is -6.27. The van der Waals surface area contributed by atoms with E-state index in [9.17, 15) is 60.3 Å². The lowest BCUT2D eigenvalue weighted by molar-refractivity contribution is -0.0500. The van der Waals surface area contributed by atoms with Crippen LogP contribution in [-0.4, -0.2) is 126 Å². The van der Waals surface area contributed by atoms with Crippen molar-refractivity contribution in [2.24, 2.45) is 0 Å². The van der Waals surface area contributed by atoms with Crippen LogP contribution in [-0.2, 0) is 63.8 Å². The number of carbonyl (C=O) groups is 3. The Morgan fingerprint density at radius 1 is 0.421 bits per heavy atom. The Hall–Kier alpha value is -15.9. The number of hydrogen-bond acceptors (Lipinski definition) is 28. The molecule has 0 aliphatic rings. The van der Waals surface area contributed by atoms with E-state index in [1.54, 1.807) is 58.0 Å². The van der Waals surface area contributed by atoms with E-state index in [2.05, 4.69) is 76.8 Å². The van der Waals surface area contributed by atoms with E-state index in [0.29, 0.717) is 57.2 Å². The molecule has 10 heterocycles. The number of para-hydroxylation sites is 2. The highest BCUT2D eigenvalue weighted by molar-refractivity contribution is 7.88. The molecule has 34 nitrogen and oxygen atoms in total. The molecule has 10 aromatic heterocycles. The predicted octanol–water partition coefficient (Wildman–Crippen LogP) is 11.6. The largest absolute Gasteiger partial charge is 0.534 e. The Labute approximate surface area is 712 Å². The van der Waals surface area contributed by atoms with Gasteiger partial charge in [0.05, 0.1) is 88.6 Å². The summed E-state index contributed by atoms with van der Waals surface area (Å²) in [6, 6.07) is 58.5. The van der Waals surface area contributed by atoms with E-state index in [4.69, 9.17) is 33.6 Å². The third-order valence-corrected chi connectivity index (χ3v) is 20.0. The molecule has 16 aromatic rings. The predicted molar refractivity (Wildman–Crippen MR) is 457 cm³/mol. The minimum absolute atomic E-state index is 0.0604. The van der Waals surface area contributed by atoms with Gasteiger partial charge in [0.15, 0.2) is 45.0 Å². The number of aromatic hydroxyl groups is 1. The van der Waals surface area contributed by atoms with Gasteiger partial charge in [-0.1, -0.05) is 158 Å². The number of aromatic nitrogens is 14.